The van der Waals surface area contributed by atoms with E-state index in [-0.39, 0.29) is 35.7 Å². The van der Waals surface area contributed by atoms with Crippen molar-refractivity contribution in [3.63, 3.8) is 0 Å². The predicted molar refractivity (Wildman–Crippen MR) is 119 cm³/mol. The van der Waals surface area contributed by atoms with Gasteiger partial charge < -0.3 is 15.4 Å². The Hall–Kier alpha value is -3.03. The standard InChI is InChI=1S/C22H32N4O4/c1-14(2)12-25(18(27)11-8-16-6-9-17(30-5)10-7-16)19-20(23)26(13-15(3)4)22(29)24-21(19)28/h6-7,9-10,14-15H,8,11-13,23H2,1-5H3,(H,24,28,29). The largest absolute Gasteiger partial charge is 0.497 e. The van der Waals surface area contributed by atoms with Crippen molar-refractivity contribution in [1.29, 1.82) is 0 Å². The molecule has 1 aromatic carbocycles. The fraction of sp³-hybridized carbons (Fsp3) is 0.500. The van der Waals surface area contributed by atoms with Gasteiger partial charge in [0.2, 0.25) is 5.91 Å². The lowest BCUT2D eigenvalue weighted by atomic mass is 10.1. The van der Waals surface area contributed by atoms with Crippen LogP contribution >= 0.6 is 0 Å². The molecule has 2 aromatic rings. The second-order valence-electron chi connectivity index (χ2n) is 8.24. The van der Waals surface area contributed by atoms with Crippen molar-refractivity contribution in [3.05, 3.63) is 50.7 Å². The highest BCUT2D eigenvalue weighted by Gasteiger charge is 2.25. The molecule has 164 valence electrons. The summed E-state index contributed by atoms with van der Waals surface area (Å²) in [4.78, 5) is 41.7. The number of carbonyl (C=O) groups excluding carboxylic acids is 1. The minimum atomic E-state index is -0.643. The summed E-state index contributed by atoms with van der Waals surface area (Å²) in [5.41, 5.74) is 6.05. The molecule has 8 nitrogen and oxygen atoms in total. The zero-order valence-electron chi connectivity index (χ0n) is 18.4. The van der Waals surface area contributed by atoms with Gasteiger partial charge in [0.1, 0.15) is 11.6 Å². The number of amides is 1. The fourth-order valence-corrected chi connectivity index (χ4v) is 3.25. The third-order valence-corrected chi connectivity index (χ3v) is 4.67. The highest BCUT2D eigenvalue weighted by atomic mass is 16.5. The predicted octanol–water partition coefficient (Wildman–Crippen LogP) is 2.41. The van der Waals surface area contributed by atoms with Crippen molar-refractivity contribution < 1.29 is 9.53 Å². The van der Waals surface area contributed by atoms with Crippen molar-refractivity contribution >= 4 is 17.4 Å². The van der Waals surface area contributed by atoms with Gasteiger partial charge in [0.05, 0.1) is 7.11 Å². The number of aromatic amines is 1. The van der Waals surface area contributed by atoms with E-state index in [2.05, 4.69) is 4.98 Å². The molecule has 0 atom stereocenters. The molecule has 0 saturated heterocycles. The number of carbonyl (C=O) groups is 1. The molecule has 0 aliphatic rings. The van der Waals surface area contributed by atoms with Crippen LogP contribution in [0.4, 0.5) is 11.5 Å². The number of nitrogens with one attached hydrogen (secondary N) is 1. The van der Waals surface area contributed by atoms with Gasteiger partial charge in [-0.15, -0.1) is 0 Å². The Kier molecular flexibility index (Phi) is 7.86. The van der Waals surface area contributed by atoms with Crippen LogP contribution in [0.2, 0.25) is 0 Å². The van der Waals surface area contributed by atoms with Gasteiger partial charge in [-0.25, -0.2) is 4.79 Å². The molecule has 0 radical (unpaired) electrons. The number of aromatic nitrogens is 2. The van der Waals surface area contributed by atoms with Crippen molar-refractivity contribution in [2.24, 2.45) is 11.8 Å². The van der Waals surface area contributed by atoms with Crippen LogP contribution in [-0.4, -0.2) is 29.1 Å². The molecule has 8 heteroatoms. The molecule has 0 spiro atoms. The molecule has 0 aliphatic carbocycles. The Labute approximate surface area is 176 Å². The summed E-state index contributed by atoms with van der Waals surface area (Å²) in [5, 5.41) is 0. The molecule has 2 rings (SSSR count). The number of nitrogen functional groups attached to an aromatic ring is 1. The van der Waals surface area contributed by atoms with Gasteiger partial charge >= 0.3 is 5.69 Å². The summed E-state index contributed by atoms with van der Waals surface area (Å²) in [6.45, 7) is 8.49. The lowest BCUT2D eigenvalue weighted by Gasteiger charge is -2.26. The first-order valence-corrected chi connectivity index (χ1v) is 10.2. The SMILES string of the molecule is COc1ccc(CCC(=O)N(CC(C)C)c2c(N)n(CC(C)C)c(=O)[nH]c2=O)cc1. The normalized spacial score (nSPS) is 11.2. The van der Waals surface area contributed by atoms with E-state index in [1.54, 1.807) is 7.11 Å². The van der Waals surface area contributed by atoms with Crippen LogP contribution in [0.15, 0.2) is 33.9 Å². The summed E-state index contributed by atoms with van der Waals surface area (Å²) >= 11 is 0. The first kappa shape index (κ1) is 23.3. The average Bonchev–Trinajstić information content (AvgIpc) is 2.68. The maximum atomic E-state index is 13.1. The Morgan fingerprint density at radius 2 is 1.77 bits per heavy atom. The number of aryl methyl sites for hydroxylation is 1. The summed E-state index contributed by atoms with van der Waals surface area (Å²) in [6, 6.07) is 7.50. The Balaban J connectivity index is 2.35. The number of ether oxygens (including phenoxy) is 1. The van der Waals surface area contributed by atoms with Gasteiger partial charge in [0.25, 0.3) is 5.56 Å². The monoisotopic (exact) mass is 416 g/mol. The van der Waals surface area contributed by atoms with E-state index >= 15 is 0 Å². The number of hydrogen-bond donors (Lipinski definition) is 2. The van der Waals surface area contributed by atoms with Crippen molar-refractivity contribution in [2.75, 3.05) is 24.3 Å². The number of H-pyrrole nitrogens is 1. The van der Waals surface area contributed by atoms with Crippen LogP contribution < -0.4 is 26.6 Å². The van der Waals surface area contributed by atoms with Crippen LogP contribution in [0.5, 0.6) is 5.75 Å². The maximum absolute atomic E-state index is 13.1. The lowest BCUT2D eigenvalue weighted by molar-refractivity contribution is -0.118. The number of nitrogens with two attached hydrogens (primary N) is 1. The summed E-state index contributed by atoms with van der Waals surface area (Å²) in [5.74, 6) is 0.813. The highest BCUT2D eigenvalue weighted by Crippen LogP contribution is 2.21. The number of hydrogen-bond acceptors (Lipinski definition) is 5. The number of nitrogens with zero attached hydrogens (tertiary/aromatic N) is 2. The third kappa shape index (κ3) is 5.75. The van der Waals surface area contributed by atoms with Gasteiger partial charge in [-0.05, 0) is 36.0 Å². The van der Waals surface area contributed by atoms with E-state index in [0.29, 0.717) is 19.5 Å². The van der Waals surface area contributed by atoms with E-state index in [0.717, 1.165) is 11.3 Å². The third-order valence-electron chi connectivity index (χ3n) is 4.67. The van der Waals surface area contributed by atoms with E-state index in [1.165, 1.54) is 9.47 Å². The van der Waals surface area contributed by atoms with Gasteiger partial charge in [0.15, 0.2) is 5.69 Å². The van der Waals surface area contributed by atoms with Crippen LogP contribution in [0.1, 0.15) is 39.7 Å². The Morgan fingerprint density at radius 3 is 2.30 bits per heavy atom. The molecule has 0 fully saturated rings. The van der Waals surface area contributed by atoms with Gasteiger partial charge in [-0.1, -0.05) is 39.8 Å². The van der Waals surface area contributed by atoms with E-state index in [9.17, 15) is 14.4 Å². The zero-order valence-corrected chi connectivity index (χ0v) is 18.4. The quantitative estimate of drug-likeness (QED) is 0.652. The zero-order chi connectivity index (χ0) is 22.4. The minimum absolute atomic E-state index is 0.0240. The first-order chi connectivity index (χ1) is 14.1. The molecule has 0 saturated carbocycles. The highest BCUT2D eigenvalue weighted by molar-refractivity contribution is 5.95. The number of anilines is 2. The summed E-state index contributed by atoms with van der Waals surface area (Å²) in [6.07, 6.45) is 0.724. The van der Waals surface area contributed by atoms with Crippen LogP contribution in [0.25, 0.3) is 0 Å². The molecule has 0 unspecified atom stereocenters. The van der Waals surface area contributed by atoms with Crippen molar-refractivity contribution in [1.82, 2.24) is 9.55 Å². The molecule has 3 N–H and O–H groups in total. The van der Waals surface area contributed by atoms with E-state index in [1.807, 2.05) is 52.0 Å². The van der Waals surface area contributed by atoms with Crippen molar-refractivity contribution in [2.45, 2.75) is 47.1 Å². The van der Waals surface area contributed by atoms with Crippen molar-refractivity contribution in [3.8, 4) is 5.75 Å². The summed E-state index contributed by atoms with van der Waals surface area (Å²) in [7, 11) is 1.60. The first-order valence-electron chi connectivity index (χ1n) is 10.2. The van der Waals surface area contributed by atoms with Crippen LogP contribution in [0.3, 0.4) is 0 Å². The molecule has 0 bridgehead atoms. The number of benzene rings is 1. The minimum Gasteiger partial charge on any atom is -0.497 e. The molecular weight excluding hydrogens is 384 g/mol. The maximum Gasteiger partial charge on any atom is 0.330 e. The molecule has 1 heterocycles. The van der Waals surface area contributed by atoms with E-state index in [4.69, 9.17) is 10.5 Å². The van der Waals surface area contributed by atoms with Gasteiger partial charge in [-0.3, -0.25) is 19.1 Å². The van der Waals surface area contributed by atoms with E-state index < -0.39 is 11.2 Å². The average molecular weight is 417 g/mol. The molecule has 0 aliphatic heterocycles. The van der Waals surface area contributed by atoms with Crippen LogP contribution in [0, 0.1) is 11.8 Å². The summed E-state index contributed by atoms with van der Waals surface area (Å²) < 4.78 is 6.48. The van der Waals surface area contributed by atoms with Crippen LogP contribution in [-0.2, 0) is 17.8 Å². The second kappa shape index (κ2) is 10.1. The number of methoxy groups -OCH3 is 1. The second-order valence-corrected chi connectivity index (χ2v) is 8.24. The fourth-order valence-electron chi connectivity index (χ4n) is 3.25. The van der Waals surface area contributed by atoms with Gasteiger partial charge in [-0.2, -0.15) is 0 Å². The molecular formula is C22H32N4O4. The molecule has 1 amide bonds. The lowest BCUT2D eigenvalue weighted by Crippen LogP contribution is -2.43. The Bertz CT molecular complexity index is 974. The Morgan fingerprint density at radius 1 is 1.13 bits per heavy atom. The molecule has 30 heavy (non-hydrogen) atoms. The smallest absolute Gasteiger partial charge is 0.330 e. The molecule has 1 aromatic heterocycles. The van der Waals surface area contributed by atoms with Gasteiger partial charge in [0, 0.05) is 19.5 Å². The topological polar surface area (TPSA) is 110 Å². The number of rotatable bonds is 9.